The Hall–Kier alpha value is -3.32. The molecule has 1 aliphatic heterocycles. The first-order valence-electron chi connectivity index (χ1n) is 9.86. The Balaban J connectivity index is 1.55. The number of methoxy groups -OCH3 is 1. The second-order valence-electron chi connectivity index (χ2n) is 6.65. The third kappa shape index (κ3) is 6.09. The van der Waals surface area contributed by atoms with Crippen LogP contribution in [0.3, 0.4) is 0 Å². The number of ether oxygens (including phenoxy) is 3. The van der Waals surface area contributed by atoms with E-state index in [2.05, 4.69) is 21.8 Å². The molecule has 0 saturated carbocycles. The van der Waals surface area contributed by atoms with Crippen molar-refractivity contribution >= 4 is 17.8 Å². The van der Waals surface area contributed by atoms with E-state index < -0.39 is 0 Å². The van der Waals surface area contributed by atoms with Crippen molar-refractivity contribution in [1.29, 1.82) is 0 Å². The summed E-state index contributed by atoms with van der Waals surface area (Å²) in [4.78, 5) is 19.0. The summed E-state index contributed by atoms with van der Waals surface area (Å²) < 4.78 is 16.3. The smallest absolute Gasteiger partial charge is 0.244 e. The molecular weight excluding hydrogens is 382 g/mol. The molecular formula is C23H27N3O4. The standard InChI is InChI=1S/C23H27N3O4/c1-3-13-30-20-9-7-18(16-21(20)28-2)8-10-23(27)24-17-19-5-4-6-22(25-19)26-11-14-29-15-12-26/h3-10,16H,1,11-15,17H2,2H3,(H,24,27)/b10-8+. The monoisotopic (exact) mass is 409 g/mol. The molecule has 7 nitrogen and oxygen atoms in total. The predicted octanol–water partition coefficient (Wildman–Crippen LogP) is 2.82. The number of nitrogens with one attached hydrogen (secondary N) is 1. The highest BCUT2D eigenvalue weighted by molar-refractivity contribution is 5.91. The van der Waals surface area contributed by atoms with Gasteiger partial charge in [0.25, 0.3) is 0 Å². The predicted molar refractivity (Wildman–Crippen MR) is 117 cm³/mol. The van der Waals surface area contributed by atoms with Crippen LogP contribution in [0.15, 0.2) is 55.1 Å². The lowest BCUT2D eigenvalue weighted by atomic mass is 10.2. The highest BCUT2D eigenvalue weighted by Gasteiger charge is 2.12. The van der Waals surface area contributed by atoms with Crippen molar-refractivity contribution in [3.05, 3.63) is 66.4 Å². The Morgan fingerprint density at radius 1 is 1.27 bits per heavy atom. The zero-order chi connectivity index (χ0) is 21.2. The SMILES string of the molecule is C=CCOc1ccc(/C=C/C(=O)NCc2cccc(N3CCOCC3)n2)cc1OC. The van der Waals surface area contributed by atoms with Gasteiger partial charge in [-0.3, -0.25) is 4.79 Å². The summed E-state index contributed by atoms with van der Waals surface area (Å²) in [6, 6.07) is 11.3. The number of hydrogen-bond acceptors (Lipinski definition) is 6. The lowest BCUT2D eigenvalue weighted by molar-refractivity contribution is -0.116. The molecule has 1 fully saturated rings. The fourth-order valence-corrected chi connectivity index (χ4v) is 3.00. The molecule has 0 radical (unpaired) electrons. The molecule has 1 aromatic heterocycles. The van der Waals surface area contributed by atoms with E-state index in [4.69, 9.17) is 14.2 Å². The number of amides is 1. The Morgan fingerprint density at radius 2 is 2.10 bits per heavy atom. The van der Waals surface area contributed by atoms with E-state index in [-0.39, 0.29) is 5.91 Å². The number of pyridine rings is 1. The Kier molecular flexibility index (Phi) is 7.86. The van der Waals surface area contributed by atoms with Gasteiger partial charge in [-0.2, -0.15) is 0 Å². The summed E-state index contributed by atoms with van der Waals surface area (Å²) in [5, 5.41) is 2.87. The topological polar surface area (TPSA) is 72.9 Å². The molecule has 2 aromatic rings. The first-order chi connectivity index (χ1) is 14.7. The number of morpholine rings is 1. The van der Waals surface area contributed by atoms with Gasteiger partial charge in [0.2, 0.25) is 5.91 Å². The number of carbonyl (C=O) groups excluding carboxylic acids is 1. The summed E-state index contributed by atoms with van der Waals surface area (Å²) in [6.45, 7) is 7.46. The lowest BCUT2D eigenvalue weighted by Crippen LogP contribution is -2.36. The average molecular weight is 409 g/mol. The minimum Gasteiger partial charge on any atom is -0.493 e. The largest absolute Gasteiger partial charge is 0.493 e. The molecule has 1 N–H and O–H groups in total. The van der Waals surface area contributed by atoms with Gasteiger partial charge in [0.15, 0.2) is 11.5 Å². The molecule has 0 aliphatic carbocycles. The number of hydrogen-bond donors (Lipinski definition) is 1. The van der Waals surface area contributed by atoms with Crippen LogP contribution in [0.5, 0.6) is 11.5 Å². The van der Waals surface area contributed by atoms with Gasteiger partial charge in [-0.1, -0.05) is 24.8 Å². The molecule has 0 bridgehead atoms. The summed E-state index contributed by atoms with van der Waals surface area (Å²) >= 11 is 0. The summed E-state index contributed by atoms with van der Waals surface area (Å²) in [6.07, 6.45) is 4.89. The van der Waals surface area contributed by atoms with Crippen molar-refractivity contribution in [1.82, 2.24) is 10.3 Å². The van der Waals surface area contributed by atoms with Crippen LogP contribution in [-0.4, -0.2) is 50.9 Å². The molecule has 1 amide bonds. The van der Waals surface area contributed by atoms with E-state index in [0.29, 0.717) is 37.9 Å². The third-order valence-electron chi connectivity index (χ3n) is 4.54. The van der Waals surface area contributed by atoms with Gasteiger partial charge >= 0.3 is 0 Å². The van der Waals surface area contributed by atoms with Crippen LogP contribution in [0, 0.1) is 0 Å². The van der Waals surface area contributed by atoms with E-state index >= 15 is 0 Å². The van der Waals surface area contributed by atoms with Crippen LogP contribution in [0.4, 0.5) is 5.82 Å². The van der Waals surface area contributed by atoms with Gasteiger partial charge in [-0.05, 0) is 35.9 Å². The summed E-state index contributed by atoms with van der Waals surface area (Å²) in [5.41, 5.74) is 1.64. The fraction of sp³-hybridized carbons (Fsp3) is 0.304. The zero-order valence-electron chi connectivity index (χ0n) is 17.2. The van der Waals surface area contributed by atoms with Gasteiger partial charge in [-0.15, -0.1) is 0 Å². The lowest BCUT2D eigenvalue weighted by Gasteiger charge is -2.28. The Bertz CT molecular complexity index is 892. The van der Waals surface area contributed by atoms with Crippen LogP contribution < -0.4 is 19.7 Å². The van der Waals surface area contributed by atoms with Crippen molar-refractivity contribution in [2.45, 2.75) is 6.54 Å². The molecule has 0 unspecified atom stereocenters. The number of nitrogens with zero attached hydrogens (tertiary/aromatic N) is 2. The number of benzene rings is 1. The van der Waals surface area contributed by atoms with E-state index in [1.165, 1.54) is 6.08 Å². The van der Waals surface area contributed by atoms with Gasteiger partial charge in [0.1, 0.15) is 12.4 Å². The molecule has 0 spiro atoms. The van der Waals surface area contributed by atoms with Gasteiger partial charge in [0, 0.05) is 19.2 Å². The van der Waals surface area contributed by atoms with Crippen LogP contribution >= 0.6 is 0 Å². The maximum atomic E-state index is 12.2. The second-order valence-corrected chi connectivity index (χ2v) is 6.65. The minimum absolute atomic E-state index is 0.195. The van der Waals surface area contributed by atoms with Gasteiger partial charge in [0.05, 0.1) is 32.6 Å². The quantitative estimate of drug-likeness (QED) is 0.507. The van der Waals surface area contributed by atoms with Crippen molar-refractivity contribution in [2.24, 2.45) is 0 Å². The minimum atomic E-state index is -0.195. The molecule has 1 saturated heterocycles. The number of rotatable bonds is 9. The van der Waals surface area contributed by atoms with Gasteiger partial charge in [-0.25, -0.2) is 4.98 Å². The van der Waals surface area contributed by atoms with Crippen molar-refractivity contribution in [3.63, 3.8) is 0 Å². The van der Waals surface area contributed by atoms with E-state index in [9.17, 15) is 4.79 Å². The fourth-order valence-electron chi connectivity index (χ4n) is 3.00. The molecule has 158 valence electrons. The summed E-state index contributed by atoms with van der Waals surface area (Å²) in [7, 11) is 1.58. The van der Waals surface area contributed by atoms with Crippen LogP contribution in [-0.2, 0) is 16.1 Å². The van der Waals surface area contributed by atoms with Gasteiger partial charge < -0.3 is 24.4 Å². The maximum Gasteiger partial charge on any atom is 0.244 e. The number of aromatic nitrogens is 1. The van der Waals surface area contributed by atoms with Crippen molar-refractivity contribution in [3.8, 4) is 11.5 Å². The maximum absolute atomic E-state index is 12.2. The van der Waals surface area contributed by atoms with E-state index in [1.807, 2.05) is 30.3 Å². The molecule has 0 atom stereocenters. The molecule has 2 heterocycles. The Morgan fingerprint density at radius 3 is 2.87 bits per heavy atom. The second kappa shape index (κ2) is 11.0. The Labute approximate surface area is 177 Å². The van der Waals surface area contributed by atoms with E-state index in [0.717, 1.165) is 30.2 Å². The normalized spacial score (nSPS) is 13.8. The molecule has 30 heavy (non-hydrogen) atoms. The molecule has 1 aliphatic rings. The zero-order valence-corrected chi connectivity index (χ0v) is 17.2. The van der Waals surface area contributed by atoms with Crippen LogP contribution in [0.2, 0.25) is 0 Å². The van der Waals surface area contributed by atoms with Crippen LogP contribution in [0.1, 0.15) is 11.3 Å². The third-order valence-corrected chi connectivity index (χ3v) is 4.54. The van der Waals surface area contributed by atoms with Crippen LogP contribution in [0.25, 0.3) is 6.08 Å². The first kappa shape index (κ1) is 21.4. The molecule has 1 aromatic carbocycles. The molecule has 3 rings (SSSR count). The first-order valence-corrected chi connectivity index (χ1v) is 9.86. The molecule has 7 heteroatoms. The summed E-state index contributed by atoms with van der Waals surface area (Å²) in [5.74, 6) is 1.94. The van der Waals surface area contributed by atoms with E-state index in [1.54, 1.807) is 25.3 Å². The number of carbonyl (C=O) groups is 1. The highest BCUT2D eigenvalue weighted by atomic mass is 16.5. The van der Waals surface area contributed by atoms with Crippen molar-refractivity contribution < 1.29 is 19.0 Å². The van der Waals surface area contributed by atoms with Crippen molar-refractivity contribution in [2.75, 3.05) is 44.9 Å². The number of anilines is 1. The highest BCUT2D eigenvalue weighted by Crippen LogP contribution is 2.28. The average Bonchev–Trinajstić information content (AvgIpc) is 2.81.